The van der Waals surface area contributed by atoms with Crippen LogP contribution in [0.3, 0.4) is 0 Å². The number of thioether (sulfide) groups is 2. The molecule has 1 aliphatic heterocycles. The number of halogens is 1. The monoisotopic (exact) mass is 356 g/mol. The Balaban J connectivity index is 2.22. The van der Waals surface area contributed by atoms with Gasteiger partial charge in [0.05, 0.1) is 11.1 Å². The highest BCUT2D eigenvalue weighted by atomic mass is 79.9. The molecule has 19 heavy (non-hydrogen) atoms. The molecule has 0 aromatic carbocycles. The standard InChI is InChI=1S/C12H13BrN4S2/c1-18-10-6(5-14)11-17(12(15)16-10)9-7(13)3-2-4-8(9)19-11/h7-9,15H,2-4H2,1H3/t7-,8-,9+/m0/s1. The van der Waals surface area contributed by atoms with E-state index >= 15 is 0 Å². The van der Waals surface area contributed by atoms with Gasteiger partial charge in [-0.25, -0.2) is 4.98 Å². The summed E-state index contributed by atoms with van der Waals surface area (Å²) in [6.45, 7) is 0. The van der Waals surface area contributed by atoms with Gasteiger partial charge in [0.2, 0.25) is 5.62 Å². The summed E-state index contributed by atoms with van der Waals surface area (Å²) < 4.78 is 1.96. The van der Waals surface area contributed by atoms with Crippen molar-refractivity contribution in [2.24, 2.45) is 0 Å². The van der Waals surface area contributed by atoms with Gasteiger partial charge in [0, 0.05) is 10.1 Å². The van der Waals surface area contributed by atoms with Crippen molar-refractivity contribution < 1.29 is 0 Å². The Labute approximate surface area is 128 Å². The molecule has 3 rings (SSSR count). The second kappa shape index (κ2) is 5.15. The number of hydrogen-bond donors (Lipinski definition) is 1. The third-order valence-electron chi connectivity index (χ3n) is 3.67. The zero-order valence-corrected chi connectivity index (χ0v) is 13.6. The zero-order chi connectivity index (χ0) is 13.6. The second-order valence-electron chi connectivity index (χ2n) is 4.70. The van der Waals surface area contributed by atoms with E-state index in [1.54, 1.807) is 11.8 Å². The molecule has 2 heterocycles. The van der Waals surface area contributed by atoms with Crippen molar-refractivity contribution in [2.75, 3.05) is 6.26 Å². The van der Waals surface area contributed by atoms with Crippen molar-refractivity contribution in [3.8, 4) is 6.07 Å². The molecule has 100 valence electrons. The van der Waals surface area contributed by atoms with Crippen LogP contribution in [0.25, 0.3) is 0 Å². The van der Waals surface area contributed by atoms with E-state index in [1.165, 1.54) is 18.2 Å². The maximum absolute atomic E-state index is 9.40. The van der Waals surface area contributed by atoms with Gasteiger partial charge < -0.3 is 0 Å². The summed E-state index contributed by atoms with van der Waals surface area (Å²) in [4.78, 5) is 4.67. The number of aromatic nitrogens is 2. The predicted octanol–water partition coefficient (Wildman–Crippen LogP) is 2.92. The average Bonchev–Trinajstić information content (AvgIpc) is 2.79. The van der Waals surface area contributed by atoms with Crippen LogP contribution in [0.1, 0.15) is 30.9 Å². The molecule has 0 bridgehead atoms. The molecule has 1 saturated carbocycles. The van der Waals surface area contributed by atoms with Crippen LogP contribution in [0.5, 0.6) is 0 Å². The lowest BCUT2D eigenvalue weighted by atomic mass is 9.94. The lowest BCUT2D eigenvalue weighted by Crippen LogP contribution is -2.36. The van der Waals surface area contributed by atoms with Crippen LogP contribution in [0.4, 0.5) is 0 Å². The van der Waals surface area contributed by atoms with Crippen LogP contribution in [0, 0.1) is 16.7 Å². The third kappa shape index (κ3) is 2.05. The first-order valence-corrected chi connectivity index (χ1v) is 9.15. The first-order valence-electron chi connectivity index (χ1n) is 6.13. The Morgan fingerprint density at radius 2 is 2.37 bits per heavy atom. The molecule has 0 unspecified atom stereocenters. The zero-order valence-electron chi connectivity index (χ0n) is 10.4. The summed E-state index contributed by atoms with van der Waals surface area (Å²) in [7, 11) is 0. The Hall–Kier alpha value is -0.450. The highest BCUT2D eigenvalue weighted by Crippen LogP contribution is 2.50. The molecule has 1 aliphatic carbocycles. The van der Waals surface area contributed by atoms with Crippen molar-refractivity contribution in [1.29, 1.82) is 10.7 Å². The lowest BCUT2D eigenvalue weighted by molar-refractivity contribution is 0.361. The summed E-state index contributed by atoms with van der Waals surface area (Å²) in [6.07, 6.45) is 5.38. The van der Waals surface area contributed by atoms with Crippen LogP contribution in [-0.4, -0.2) is 25.9 Å². The van der Waals surface area contributed by atoms with Gasteiger partial charge in [-0.1, -0.05) is 22.4 Å². The van der Waals surface area contributed by atoms with Crippen molar-refractivity contribution in [3.63, 3.8) is 0 Å². The molecule has 4 nitrogen and oxygen atoms in total. The first kappa shape index (κ1) is 13.5. The van der Waals surface area contributed by atoms with E-state index in [9.17, 15) is 5.26 Å². The van der Waals surface area contributed by atoms with Crippen LogP contribution in [0.15, 0.2) is 10.1 Å². The Bertz CT molecular complexity index is 621. The van der Waals surface area contributed by atoms with E-state index in [0.717, 1.165) is 17.9 Å². The number of nitriles is 1. The molecular formula is C12H13BrN4S2. The maximum atomic E-state index is 9.40. The molecule has 1 fully saturated rings. The molecular weight excluding hydrogens is 344 g/mol. The van der Waals surface area contributed by atoms with Gasteiger partial charge in [0.1, 0.15) is 16.7 Å². The van der Waals surface area contributed by atoms with Gasteiger partial charge in [-0.15, -0.1) is 23.5 Å². The number of rotatable bonds is 1. The summed E-state index contributed by atoms with van der Waals surface area (Å²) in [6, 6.07) is 2.54. The largest absolute Gasteiger partial charge is 0.299 e. The predicted molar refractivity (Wildman–Crippen MR) is 79.8 cm³/mol. The highest BCUT2D eigenvalue weighted by molar-refractivity contribution is 9.09. The maximum Gasteiger partial charge on any atom is 0.224 e. The normalized spacial score (nSPS) is 28.6. The first-order chi connectivity index (χ1) is 9.17. The smallest absolute Gasteiger partial charge is 0.224 e. The van der Waals surface area contributed by atoms with E-state index in [2.05, 4.69) is 27.0 Å². The van der Waals surface area contributed by atoms with Crippen molar-refractivity contribution in [3.05, 3.63) is 11.2 Å². The minimum atomic E-state index is 0.261. The molecule has 7 heteroatoms. The number of nitrogens with zero attached hydrogens (tertiary/aromatic N) is 3. The van der Waals surface area contributed by atoms with E-state index in [1.807, 2.05) is 10.8 Å². The number of hydrogen-bond acceptors (Lipinski definition) is 5. The molecule has 0 saturated heterocycles. The summed E-state index contributed by atoms with van der Waals surface area (Å²) in [5, 5.41) is 19.7. The van der Waals surface area contributed by atoms with E-state index in [-0.39, 0.29) is 11.7 Å². The Morgan fingerprint density at radius 1 is 1.58 bits per heavy atom. The second-order valence-corrected chi connectivity index (χ2v) is 7.90. The van der Waals surface area contributed by atoms with Crippen molar-refractivity contribution >= 4 is 39.5 Å². The summed E-state index contributed by atoms with van der Waals surface area (Å²) >= 11 is 6.95. The van der Waals surface area contributed by atoms with Crippen molar-refractivity contribution in [2.45, 2.75) is 45.4 Å². The SMILES string of the molecule is CSc1nc(=N)n2c(c1C#N)S[C@H]1CCC[C@H](Br)[C@H]12. The van der Waals surface area contributed by atoms with Crippen LogP contribution >= 0.6 is 39.5 Å². The Morgan fingerprint density at radius 3 is 3.05 bits per heavy atom. The minimum absolute atomic E-state index is 0.261. The summed E-state index contributed by atoms with van der Waals surface area (Å²) in [5.41, 5.74) is 0.923. The minimum Gasteiger partial charge on any atom is -0.299 e. The molecule has 2 aliphatic rings. The fourth-order valence-corrected chi connectivity index (χ4v) is 6.16. The van der Waals surface area contributed by atoms with Crippen LogP contribution < -0.4 is 5.62 Å². The fraction of sp³-hybridized carbons (Fsp3) is 0.583. The van der Waals surface area contributed by atoms with Gasteiger partial charge in [-0.05, 0) is 19.1 Å². The van der Waals surface area contributed by atoms with Gasteiger partial charge in [-0.3, -0.25) is 9.98 Å². The fourth-order valence-electron chi connectivity index (χ4n) is 2.84. The lowest BCUT2D eigenvalue weighted by Gasteiger charge is -2.30. The van der Waals surface area contributed by atoms with Gasteiger partial charge >= 0.3 is 0 Å². The van der Waals surface area contributed by atoms with Gasteiger partial charge in [0.25, 0.3) is 0 Å². The Kier molecular flexibility index (Phi) is 3.67. The highest BCUT2D eigenvalue weighted by Gasteiger charge is 2.42. The van der Waals surface area contributed by atoms with E-state index in [0.29, 0.717) is 20.7 Å². The number of nitrogens with one attached hydrogen (secondary N) is 1. The molecule has 1 N–H and O–H groups in total. The molecule has 1 aromatic heterocycles. The molecule has 0 spiro atoms. The van der Waals surface area contributed by atoms with Crippen LogP contribution in [0.2, 0.25) is 0 Å². The third-order valence-corrected chi connectivity index (χ3v) is 6.79. The van der Waals surface area contributed by atoms with E-state index in [4.69, 9.17) is 5.41 Å². The molecule has 1 aromatic rings. The van der Waals surface area contributed by atoms with Gasteiger partial charge in [0.15, 0.2) is 0 Å². The van der Waals surface area contributed by atoms with Crippen LogP contribution in [-0.2, 0) is 0 Å². The topological polar surface area (TPSA) is 65.5 Å². The summed E-state index contributed by atoms with van der Waals surface area (Å²) in [5.74, 6) is 0. The van der Waals surface area contributed by atoms with Crippen molar-refractivity contribution in [1.82, 2.24) is 9.55 Å². The van der Waals surface area contributed by atoms with E-state index < -0.39 is 0 Å². The molecule has 0 amide bonds. The number of fused-ring (bicyclic) bond motifs is 3. The van der Waals surface area contributed by atoms with Gasteiger partial charge in [-0.2, -0.15) is 5.26 Å². The average molecular weight is 357 g/mol. The molecule has 3 atom stereocenters. The quantitative estimate of drug-likeness (QED) is 0.477. The molecule has 0 radical (unpaired) electrons. The number of alkyl halides is 1.